The van der Waals surface area contributed by atoms with Crippen LogP contribution in [0, 0.1) is 5.82 Å². The summed E-state index contributed by atoms with van der Waals surface area (Å²) < 4.78 is 18.0. The molecule has 7 nitrogen and oxygen atoms in total. The number of nitrogens with one attached hydrogen (secondary N) is 3. The highest BCUT2D eigenvalue weighted by Gasteiger charge is 2.23. The monoisotopic (exact) mass is 442 g/mol. The molecule has 2 aromatic carbocycles. The van der Waals surface area contributed by atoms with Crippen molar-refractivity contribution in [2.75, 3.05) is 25.6 Å². The van der Waals surface area contributed by atoms with Crippen LogP contribution in [0.25, 0.3) is 0 Å². The van der Waals surface area contributed by atoms with Gasteiger partial charge >= 0.3 is 0 Å². The summed E-state index contributed by atoms with van der Waals surface area (Å²) in [6, 6.07) is 14.5. The van der Waals surface area contributed by atoms with Gasteiger partial charge in [0.2, 0.25) is 5.91 Å². The number of hydrogen-bond acceptors (Lipinski definition) is 6. The molecule has 1 atom stereocenters. The van der Waals surface area contributed by atoms with Gasteiger partial charge in [0.05, 0.1) is 6.61 Å². The minimum Gasteiger partial charge on any atom is -0.383 e. The maximum absolute atomic E-state index is 13.0. The lowest BCUT2D eigenvalue weighted by atomic mass is 10.1. The van der Waals surface area contributed by atoms with E-state index in [0.717, 1.165) is 5.56 Å². The molecule has 0 radical (unpaired) electrons. The highest BCUT2D eigenvalue weighted by atomic mass is 32.1. The zero-order chi connectivity index (χ0) is 22.1. The lowest BCUT2D eigenvalue weighted by molar-refractivity contribution is -0.123. The number of hydrogen-bond donors (Lipinski definition) is 3. The van der Waals surface area contributed by atoms with Gasteiger partial charge in [-0.25, -0.2) is 9.37 Å². The van der Waals surface area contributed by atoms with Gasteiger partial charge in [-0.2, -0.15) is 0 Å². The molecule has 0 aliphatic heterocycles. The fourth-order valence-corrected chi connectivity index (χ4v) is 3.49. The molecule has 1 heterocycles. The smallest absolute Gasteiger partial charge is 0.271 e. The second-order valence-electron chi connectivity index (χ2n) is 6.67. The van der Waals surface area contributed by atoms with E-state index in [1.807, 2.05) is 30.3 Å². The lowest BCUT2D eigenvalue weighted by Gasteiger charge is -2.18. The number of carbonyl (C=O) groups is 2. The SMILES string of the molecule is COCCNC(=O)C(Cc1ccccc1)NC(=O)c1csc(Nc2ccc(F)cc2)n1. The van der Waals surface area contributed by atoms with Crippen molar-refractivity contribution in [2.45, 2.75) is 12.5 Å². The van der Waals surface area contributed by atoms with E-state index in [0.29, 0.717) is 30.4 Å². The molecule has 1 aromatic heterocycles. The normalized spacial score (nSPS) is 11.5. The fraction of sp³-hybridized carbons (Fsp3) is 0.227. The third-order valence-electron chi connectivity index (χ3n) is 4.34. The van der Waals surface area contributed by atoms with Crippen molar-refractivity contribution in [3.63, 3.8) is 0 Å². The summed E-state index contributed by atoms with van der Waals surface area (Å²) >= 11 is 1.24. The van der Waals surface area contributed by atoms with Crippen molar-refractivity contribution in [2.24, 2.45) is 0 Å². The van der Waals surface area contributed by atoms with E-state index < -0.39 is 11.9 Å². The topological polar surface area (TPSA) is 92.4 Å². The zero-order valence-corrected chi connectivity index (χ0v) is 17.7. The highest BCUT2D eigenvalue weighted by molar-refractivity contribution is 7.14. The minimum atomic E-state index is -0.762. The summed E-state index contributed by atoms with van der Waals surface area (Å²) in [4.78, 5) is 29.6. The molecule has 0 spiro atoms. The molecule has 9 heteroatoms. The maximum Gasteiger partial charge on any atom is 0.271 e. The number of thiazole rings is 1. The van der Waals surface area contributed by atoms with Crippen LogP contribution in [0.15, 0.2) is 60.0 Å². The summed E-state index contributed by atoms with van der Waals surface area (Å²) in [5.41, 5.74) is 1.77. The second kappa shape index (κ2) is 11.2. The van der Waals surface area contributed by atoms with Crippen molar-refractivity contribution in [1.29, 1.82) is 0 Å². The highest BCUT2D eigenvalue weighted by Crippen LogP contribution is 2.21. The molecule has 3 N–H and O–H groups in total. The summed E-state index contributed by atoms with van der Waals surface area (Å²) in [7, 11) is 1.55. The van der Waals surface area contributed by atoms with E-state index in [9.17, 15) is 14.0 Å². The molecule has 0 aliphatic rings. The maximum atomic E-state index is 13.0. The molecule has 31 heavy (non-hydrogen) atoms. The van der Waals surface area contributed by atoms with E-state index >= 15 is 0 Å². The number of carbonyl (C=O) groups excluding carboxylic acids is 2. The Hall–Kier alpha value is -3.30. The Kier molecular flexibility index (Phi) is 8.08. The number of ether oxygens (including phenoxy) is 1. The number of rotatable bonds is 10. The number of anilines is 2. The van der Waals surface area contributed by atoms with Crippen LogP contribution in [0.5, 0.6) is 0 Å². The summed E-state index contributed by atoms with van der Waals surface area (Å²) in [6.45, 7) is 0.723. The Labute approximate surface area is 183 Å². The van der Waals surface area contributed by atoms with Crippen molar-refractivity contribution in [1.82, 2.24) is 15.6 Å². The third kappa shape index (κ3) is 6.87. The lowest BCUT2D eigenvalue weighted by Crippen LogP contribution is -2.48. The molecule has 0 fully saturated rings. The first-order chi connectivity index (χ1) is 15.0. The standard InChI is InChI=1S/C22H23FN4O3S/c1-30-12-11-24-20(28)18(13-15-5-3-2-4-6-15)26-21(29)19-14-31-22(27-19)25-17-9-7-16(23)8-10-17/h2-10,14,18H,11-13H2,1H3,(H,24,28)(H,25,27)(H,26,29). The van der Waals surface area contributed by atoms with E-state index in [-0.39, 0.29) is 17.4 Å². The molecule has 0 bridgehead atoms. The summed E-state index contributed by atoms with van der Waals surface area (Å²) in [5, 5.41) is 10.6. The van der Waals surface area contributed by atoms with Crippen molar-refractivity contribution in [3.05, 3.63) is 77.1 Å². The van der Waals surface area contributed by atoms with Gasteiger partial charge in [0, 0.05) is 31.1 Å². The van der Waals surface area contributed by atoms with E-state index in [2.05, 4.69) is 20.9 Å². The average molecular weight is 443 g/mol. The van der Waals surface area contributed by atoms with Gasteiger partial charge in [-0.1, -0.05) is 30.3 Å². The zero-order valence-electron chi connectivity index (χ0n) is 16.9. The number of halogens is 1. The van der Waals surface area contributed by atoms with Crippen molar-refractivity contribution >= 4 is 34.0 Å². The van der Waals surface area contributed by atoms with E-state index in [1.165, 1.54) is 23.5 Å². The molecule has 0 saturated carbocycles. The Bertz CT molecular complexity index is 996. The van der Waals surface area contributed by atoms with Gasteiger partial charge in [-0.3, -0.25) is 9.59 Å². The third-order valence-corrected chi connectivity index (χ3v) is 5.10. The Balaban J connectivity index is 1.66. The van der Waals surface area contributed by atoms with Crippen LogP contribution >= 0.6 is 11.3 Å². The van der Waals surface area contributed by atoms with Gasteiger partial charge in [0.15, 0.2) is 5.13 Å². The molecule has 2 amide bonds. The first kappa shape index (κ1) is 22.4. The molecule has 3 rings (SSSR count). The molecule has 162 valence electrons. The van der Waals surface area contributed by atoms with Crippen LogP contribution in [0.3, 0.4) is 0 Å². The first-order valence-electron chi connectivity index (χ1n) is 9.64. The first-order valence-corrected chi connectivity index (χ1v) is 10.5. The van der Waals surface area contributed by atoms with Crippen LogP contribution < -0.4 is 16.0 Å². The quantitative estimate of drug-likeness (QED) is 0.420. The van der Waals surface area contributed by atoms with Gasteiger partial charge in [0.1, 0.15) is 17.6 Å². The molecular formula is C22H23FN4O3S. The van der Waals surface area contributed by atoms with Gasteiger partial charge < -0.3 is 20.7 Å². The number of nitrogens with zero attached hydrogens (tertiary/aromatic N) is 1. The number of benzene rings is 2. The molecular weight excluding hydrogens is 419 g/mol. The number of amides is 2. The molecule has 0 saturated heterocycles. The summed E-state index contributed by atoms with van der Waals surface area (Å²) in [6.07, 6.45) is 0.343. The number of methoxy groups -OCH3 is 1. The largest absolute Gasteiger partial charge is 0.383 e. The Morgan fingerprint density at radius 3 is 2.58 bits per heavy atom. The van der Waals surface area contributed by atoms with Crippen LogP contribution in [0.4, 0.5) is 15.2 Å². The number of aromatic nitrogens is 1. The Morgan fingerprint density at radius 1 is 1.13 bits per heavy atom. The predicted molar refractivity (Wildman–Crippen MR) is 118 cm³/mol. The van der Waals surface area contributed by atoms with Crippen molar-refractivity contribution < 1.29 is 18.7 Å². The van der Waals surface area contributed by atoms with Crippen LogP contribution in [0.2, 0.25) is 0 Å². The fourth-order valence-electron chi connectivity index (χ4n) is 2.78. The van der Waals surface area contributed by atoms with E-state index in [4.69, 9.17) is 4.74 Å². The van der Waals surface area contributed by atoms with Crippen LogP contribution in [-0.2, 0) is 16.0 Å². The molecule has 3 aromatic rings. The van der Waals surface area contributed by atoms with Crippen LogP contribution in [0.1, 0.15) is 16.1 Å². The summed E-state index contributed by atoms with van der Waals surface area (Å²) in [5.74, 6) is -1.08. The molecule has 0 aliphatic carbocycles. The van der Waals surface area contributed by atoms with Crippen LogP contribution in [-0.4, -0.2) is 43.1 Å². The predicted octanol–water partition coefficient (Wildman–Crippen LogP) is 3.13. The van der Waals surface area contributed by atoms with E-state index in [1.54, 1.807) is 24.6 Å². The van der Waals surface area contributed by atoms with Gasteiger partial charge in [-0.05, 0) is 29.8 Å². The van der Waals surface area contributed by atoms with Gasteiger partial charge in [0.25, 0.3) is 5.91 Å². The van der Waals surface area contributed by atoms with Gasteiger partial charge in [-0.15, -0.1) is 11.3 Å². The Morgan fingerprint density at radius 2 is 1.87 bits per heavy atom. The second-order valence-corrected chi connectivity index (χ2v) is 7.53. The molecule has 1 unspecified atom stereocenters. The van der Waals surface area contributed by atoms with Crippen molar-refractivity contribution in [3.8, 4) is 0 Å². The average Bonchev–Trinajstić information content (AvgIpc) is 3.24. The minimum absolute atomic E-state index is 0.192.